The number of nitrogens with one attached hydrogen (secondary N) is 1. The van der Waals surface area contributed by atoms with Crippen LogP contribution in [0, 0.1) is 0 Å². The highest BCUT2D eigenvalue weighted by Crippen LogP contribution is 2.29. The van der Waals surface area contributed by atoms with E-state index in [9.17, 15) is 9.59 Å². The number of anilines is 1. The van der Waals surface area contributed by atoms with Gasteiger partial charge in [0, 0.05) is 16.6 Å². The molecule has 0 aliphatic carbocycles. The molecular weight excluding hydrogens is 332 g/mol. The first kappa shape index (κ1) is 17.3. The molecule has 3 aromatic rings. The van der Waals surface area contributed by atoms with Crippen LogP contribution >= 0.6 is 0 Å². The summed E-state index contributed by atoms with van der Waals surface area (Å²) in [4.78, 5) is 23.5. The Morgan fingerprint density at radius 2 is 1.77 bits per heavy atom. The number of primary amides is 1. The SMILES string of the molecule is COc1cc(C(=O)Nc2cccc3ccccc23)ccc1OCC(N)=O. The number of amides is 2. The molecule has 6 nitrogen and oxygen atoms in total. The molecule has 6 heteroatoms. The Balaban J connectivity index is 1.84. The summed E-state index contributed by atoms with van der Waals surface area (Å²) in [6.07, 6.45) is 0. The summed E-state index contributed by atoms with van der Waals surface area (Å²) in [7, 11) is 1.46. The van der Waals surface area contributed by atoms with Crippen LogP contribution in [0.25, 0.3) is 10.8 Å². The molecule has 0 aromatic heterocycles. The van der Waals surface area contributed by atoms with Gasteiger partial charge < -0.3 is 20.5 Å². The number of carbonyl (C=O) groups is 2. The number of rotatable bonds is 6. The zero-order valence-electron chi connectivity index (χ0n) is 14.2. The van der Waals surface area contributed by atoms with Gasteiger partial charge >= 0.3 is 0 Å². The number of nitrogens with two attached hydrogens (primary N) is 1. The van der Waals surface area contributed by atoms with Crippen molar-refractivity contribution in [1.29, 1.82) is 0 Å². The zero-order valence-corrected chi connectivity index (χ0v) is 14.2. The van der Waals surface area contributed by atoms with Crippen molar-refractivity contribution in [1.82, 2.24) is 0 Å². The van der Waals surface area contributed by atoms with Gasteiger partial charge in [0.15, 0.2) is 18.1 Å². The third kappa shape index (κ3) is 3.75. The Kier molecular flexibility index (Phi) is 5.03. The minimum absolute atomic E-state index is 0.266. The van der Waals surface area contributed by atoms with E-state index in [0.29, 0.717) is 17.1 Å². The lowest BCUT2D eigenvalue weighted by atomic mass is 10.1. The minimum Gasteiger partial charge on any atom is -0.493 e. The van der Waals surface area contributed by atoms with Crippen molar-refractivity contribution in [2.24, 2.45) is 5.73 Å². The number of hydrogen-bond acceptors (Lipinski definition) is 4. The van der Waals surface area contributed by atoms with Crippen LogP contribution in [-0.2, 0) is 4.79 Å². The van der Waals surface area contributed by atoms with Crippen LogP contribution in [0.2, 0.25) is 0 Å². The monoisotopic (exact) mass is 350 g/mol. The highest BCUT2D eigenvalue weighted by molar-refractivity contribution is 6.09. The fourth-order valence-electron chi connectivity index (χ4n) is 2.61. The van der Waals surface area contributed by atoms with Gasteiger partial charge in [-0.15, -0.1) is 0 Å². The van der Waals surface area contributed by atoms with E-state index in [1.54, 1.807) is 18.2 Å². The van der Waals surface area contributed by atoms with E-state index < -0.39 is 5.91 Å². The van der Waals surface area contributed by atoms with Crippen molar-refractivity contribution >= 4 is 28.3 Å². The third-order valence-electron chi connectivity index (χ3n) is 3.83. The van der Waals surface area contributed by atoms with Crippen molar-refractivity contribution < 1.29 is 19.1 Å². The maximum absolute atomic E-state index is 12.6. The molecule has 0 aliphatic heterocycles. The van der Waals surface area contributed by atoms with Crippen molar-refractivity contribution in [3.63, 3.8) is 0 Å². The van der Waals surface area contributed by atoms with Crippen molar-refractivity contribution in [3.05, 3.63) is 66.2 Å². The van der Waals surface area contributed by atoms with Crippen LogP contribution in [0.5, 0.6) is 11.5 Å². The van der Waals surface area contributed by atoms with E-state index in [1.165, 1.54) is 7.11 Å². The second-order valence-corrected chi connectivity index (χ2v) is 5.60. The molecule has 0 saturated carbocycles. The summed E-state index contributed by atoms with van der Waals surface area (Å²) in [6, 6.07) is 18.2. The molecule has 26 heavy (non-hydrogen) atoms. The highest BCUT2D eigenvalue weighted by Gasteiger charge is 2.13. The van der Waals surface area contributed by atoms with Crippen molar-refractivity contribution in [3.8, 4) is 11.5 Å². The Morgan fingerprint density at radius 1 is 1.00 bits per heavy atom. The molecule has 0 fully saturated rings. The second kappa shape index (κ2) is 7.57. The van der Waals surface area contributed by atoms with Gasteiger partial charge in [-0.2, -0.15) is 0 Å². The van der Waals surface area contributed by atoms with Crippen LogP contribution < -0.4 is 20.5 Å². The summed E-state index contributed by atoms with van der Waals surface area (Å²) < 4.78 is 10.5. The smallest absolute Gasteiger partial charge is 0.255 e. The van der Waals surface area contributed by atoms with E-state index in [-0.39, 0.29) is 12.5 Å². The lowest BCUT2D eigenvalue weighted by Crippen LogP contribution is -2.20. The molecule has 0 radical (unpaired) electrons. The van der Waals surface area contributed by atoms with Crippen LogP contribution in [0.3, 0.4) is 0 Å². The van der Waals surface area contributed by atoms with Gasteiger partial charge in [-0.05, 0) is 29.7 Å². The van der Waals surface area contributed by atoms with E-state index in [0.717, 1.165) is 16.5 Å². The van der Waals surface area contributed by atoms with E-state index in [2.05, 4.69) is 5.32 Å². The third-order valence-corrected chi connectivity index (χ3v) is 3.83. The maximum Gasteiger partial charge on any atom is 0.255 e. The fraction of sp³-hybridized carbons (Fsp3) is 0.100. The molecule has 3 rings (SSSR count). The molecule has 3 aromatic carbocycles. The highest BCUT2D eigenvalue weighted by atomic mass is 16.5. The van der Waals surface area contributed by atoms with Gasteiger partial charge in [0.05, 0.1) is 7.11 Å². The second-order valence-electron chi connectivity index (χ2n) is 5.60. The standard InChI is InChI=1S/C20H18N2O4/c1-25-18-11-14(9-10-17(18)26-12-19(21)23)20(24)22-16-8-4-6-13-5-2-3-7-15(13)16/h2-11H,12H2,1H3,(H2,21,23)(H,22,24). The van der Waals surface area contributed by atoms with Gasteiger partial charge in [-0.3, -0.25) is 9.59 Å². The Bertz CT molecular complexity index is 964. The van der Waals surface area contributed by atoms with Gasteiger partial charge in [-0.1, -0.05) is 36.4 Å². The minimum atomic E-state index is -0.593. The summed E-state index contributed by atoms with van der Waals surface area (Å²) >= 11 is 0. The Morgan fingerprint density at radius 3 is 2.54 bits per heavy atom. The van der Waals surface area contributed by atoms with Gasteiger partial charge in [0.1, 0.15) is 0 Å². The molecule has 132 valence electrons. The fourth-order valence-corrected chi connectivity index (χ4v) is 2.61. The van der Waals surface area contributed by atoms with Crippen molar-refractivity contribution in [2.75, 3.05) is 19.0 Å². The van der Waals surface area contributed by atoms with Crippen LogP contribution in [-0.4, -0.2) is 25.5 Å². The largest absolute Gasteiger partial charge is 0.493 e. The number of fused-ring (bicyclic) bond motifs is 1. The first-order valence-electron chi connectivity index (χ1n) is 7.97. The van der Waals surface area contributed by atoms with Crippen molar-refractivity contribution in [2.45, 2.75) is 0 Å². The molecule has 0 bridgehead atoms. The summed E-state index contributed by atoms with van der Waals surface area (Å²) in [5.41, 5.74) is 6.20. The van der Waals surface area contributed by atoms with Crippen LogP contribution in [0.15, 0.2) is 60.7 Å². The average molecular weight is 350 g/mol. The number of hydrogen-bond donors (Lipinski definition) is 2. The lowest BCUT2D eigenvalue weighted by Gasteiger charge is -2.12. The molecule has 2 amide bonds. The van der Waals surface area contributed by atoms with Gasteiger partial charge in [-0.25, -0.2) is 0 Å². The van der Waals surface area contributed by atoms with E-state index in [1.807, 2.05) is 42.5 Å². The van der Waals surface area contributed by atoms with E-state index >= 15 is 0 Å². The first-order chi connectivity index (χ1) is 12.6. The predicted octanol–water partition coefficient (Wildman–Crippen LogP) is 2.96. The maximum atomic E-state index is 12.6. The predicted molar refractivity (Wildman–Crippen MR) is 99.6 cm³/mol. The number of carbonyl (C=O) groups excluding carboxylic acids is 2. The molecule has 0 spiro atoms. The normalized spacial score (nSPS) is 10.3. The molecule has 3 N–H and O–H groups in total. The first-order valence-corrected chi connectivity index (χ1v) is 7.97. The summed E-state index contributed by atoms with van der Waals surface area (Å²) in [5.74, 6) is -0.184. The summed E-state index contributed by atoms with van der Waals surface area (Å²) in [5, 5.41) is 4.91. The zero-order chi connectivity index (χ0) is 18.5. The van der Waals surface area contributed by atoms with Crippen LogP contribution in [0.1, 0.15) is 10.4 Å². The Hall–Kier alpha value is -3.54. The summed E-state index contributed by atoms with van der Waals surface area (Å²) in [6.45, 7) is -0.266. The molecular formula is C20H18N2O4. The number of ether oxygens (including phenoxy) is 2. The quantitative estimate of drug-likeness (QED) is 0.715. The lowest BCUT2D eigenvalue weighted by molar-refractivity contribution is -0.119. The van der Waals surface area contributed by atoms with E-state index in [4.69, 9.17) is 15.2 Å². The van der Waals surface area contributed by atoms with Gasteiger partial charge in [0.25, 0.3) is 11.8 Å². The molecule has 0 saturated heterocycles. The topological polar surface area (TPSA) is 90.7 Å². The molecule has 0 atom stereocenters. The molecule has 0 unspecified atom stereocenters. The molecule has 0 aliphatic rings. The number of methoxy groups -OCH3 is 1. The molecule has 0 heterocycles. The van der Waals surface area contributed by atoms with Crippen LogP contribution in [0.4, 0.5) is 5.69 Å². The average Bonchev–Trinajstić information content (AvgIpc) is 2.66. The number of benzene rings is 3. The van der Waals surface area contributed by atoms with Gasteiger partial charge in [0.2, 0.25) is 0 Å². The Labute approximate surface area is 150 Å².